The van der Waals surface area contributed by atoms with E-state index in [1.165, 1.54) is 0 Å². The summed E-state index contributed by atoms with van der Waals surface area (Å²) in [5, 5.41) is 10.3. The van der Waals surface area contributed by atoms with Crippen LogP contribution in [0, 0.1) is 6.92 Å². The molecule has 5 rings (SSSR count). The van der Waals surface area contributed by atoms with Gasteiger partial charge in [-0.3, -0.25) is 24.4 Å². The van der Waals surface area contributed by atoms with Crippen LogP contribution >= 0.6 is 0 Å². The van der Waals surface area contributed by atoms with Crippen molar-refractivity contribution in [2.75, 3.05) is 32.1 Å². The van der Waals surface area contributed by atoms with E-state index >= 15 is 0 Å². The van der Waals surface area contributed by atoms with Gasteiger partial charge in [0.05, 0.1) is 17.3 Å². The predicted molar refractivity (Wildman–Crippen MR) is 159 cm³/mol. The Morgan fingerprint density at radius 2 is 2.05 bits per heavy atom. The molecule has 2 aliphatic heterocycles. The van der Waals surface area contributed by atoms with Crippen molar-refractivity contribution >= 4 is 34.7 Å². The number of likely N-dealkylation sites (N-methyl/N-ethyl adjacent to an activating group) is 1. The lowest BCUT2D eigenvalue weighted by molar-refractivity contribution is -0.116. The molecule has 12 heteroatoms. The first-order chi connectivity index (χ1) is 20.2. The fraction of sp³-hybridized carbons (Fsp3) is 0.367. The van der Waals surface area contributed by atoms with Gasteiger partial charge < -0.3 is 25.3 Å². The molecule has 4 heterocycles. The number of nitrogens with two attached hydrogens (primary N) is 1. The van der Waals surface area contributed by atoms with Crippen LogP contribution in [0.1, 0.15) is 58.8 Å². The Bertz CT molecular complexity index is 1610. The van der Waals surface area contributed by atoms with E-state index in [0.29, 0.717) is 48.1 Å². The average molecular weight is 573 g/mol. The molecular weight excluding hydrogens is 536 g/mol. The third-order valence-electron chi connectivity index (χ3n) is 7.29. The van der Waals surface area contributed by atoms with E-state index in [-0.39, 0.29) is 23.4 Å². The Morgan fingerprint density at radius 1 is 1.21 bits per heavy atom. The maximum Gasteiger partial charge on any atom is 0.276 e. The molecule has 1 aromatic carbocycles. The van der Waals surface area contributed by atoms with Gasteiger partial charge in [-0.15, -0.1) is 0 Å². The molecule has 1 atom stereocenters. The third-order valence-corrected chi connectivity index (χ3v) is 7.29. The van der Waals surface area contributed by atoms with Crippen LogP contribution in [0.2, 0.25) is 0 Å². The Labute approximate surface area is 243 Å². The van der Waals surface area contributed by atoms with Crippen LogP contribution in [-0.2, 0) is 11.3 Å². The number of aryl methyl sites for hydroxylation is 2. The highest BCUT2D eigenvalue weighted by atomic mass is 16.5. The minimum atomic E-state index is -0.585. The molecule has 4 N–H and O–H groups in total. The molecule has 0 saturated heterocycles. The summed E-state index contributed by atoms with van der Waals surface area (Å²) < 4.78 is 9.66. The van der Waals surface area contributed by atoms with E-state index in [9.17, 15) is 14.4 Å². The quantitative estimate of drug-likeness (QED) is 0.236. The molecule has 0 spiro atoms. The number of anilines is 1. The molecule has 42 heavy (non-hydrogen) atoms. The Morgan fingerprint density at radius 3 is 2.81 bits per heavy atom. The van der Waals surface area contributed by atoms with Crippen molar-refractivity contribution in [1.29, 1.82) is 0 Å². The standard InChI is InChI=1S/C30H36N8O4/c1-4-37-24(14-19(2)35-37)29(41)34-30-33-23-15-21(28(31)40)16-25-27(23)38(30)22(18-42-25)9-5-6-12-32-26(39)11-10-20-8-7-13-36(3)17-20/h7-8,10-11,13-16,22H,4-6,9,12,17-18H2,1-3H3,(H2,31,40)(H,32,39)(H,33,34,41)/b11-10+/t22-/m0/s1. The maximum atomic E-state index is 13.3. The molecule has 3 amide bonds. The summed E-state index contributed by atoms with van der Waals surface area (Å²) in [6.07, 6.45) is 11.6. The number of hydrogen-bond acceptors (Lipinski definition) is 7. The van der Waals surface area contributed by atoms with E-state index in [0.717, 1.165) is 37.1 Å². The van der Waals surface area contributed by atoms with Gasteiger partial charge in [-0.2, -0.15) is 5.10 Å². The van der Waals surface area contributed by atoms with Gasteiger partial charge in [-0.05, 0) is 69.2 Å². The van der Waals surface area contributed by atoms with Crippen LogP contribution in [0.3, 0.4) is 0 Å². The number of rotatable bonds is 11. The highest BCUT2D eigenvalue weighted by Gasteiger charge is 2.29. The Kier molecular flexibility index (Phi) is 8.41. The van der Waals surface area contributed by atoms with Crippen molar-refractivity contribution in [2.45, 2.75) is 45.7 Å². The first-order valence-electron chi connectivity index (χ1n) is 14.1. The highest BCUT2D eigenvalue weighted by molar-refractivity contribution is 6.04. The molecule has 2 aliphatic rings. The smallest absolute Gasteiger partial charge is 0.276 e. The molecule has 0 unspecified atom stereocenters. The van der Waals surface area contributed by atoms with Crippen molar-refractivity contribution in [3.63, 3.8) is 0 Å². The van der Waals surface area contributed by atoms with Crippen LogP contribution in [0.15, 0.2) is 54.3 Å². The largest absolute Gasteiger partial charge is 0.489 e. The zero-order chi connectivity index (χ0) is 29.8. The van der Waals surface area contributed by atoms with Gasteiger partial charge in [0.2, 0.25) is 17.8 Å². The summed E-state index contributed by atoms with van der Waals surface area (Å²) in [4.78, 5) is 44.2. The SMILES string of the molecule is CCn1nc(C)cc1C(=O)Nc1nc2cc(C(N)=O)cc3c2n1[C@@H](CCCCNC(=O)/C=C/C1=CC=CN(C)C1)CO3. The Balaban J connectivity index is 1.27. The first-order valence-corrected chi connectivity index (χ1v) is 14.1. The van der Waals surface area contributed by atoms with E-state index in [2.05, 4.69) is 20.7 Å². The maximum absolute atomic E-state index is 13.3. The zero-order valence-electron chi connectivity index (χ0n) is 24.1. The monoisotopic (exact) mass is 572 g/mol. The number of unbranched alkanes of at least 4 members (excludes halogenated alkanes) is 1. The van der Waals surface area contributed by atoms with E-state index < -0.39 is 5.91 Å². The summed E-state index contributed by atoms with van der Waals surface area (Å²) in [6, 6.07) is 4.84. The number of benzene rings is 1. The fourth-order valence-corrected chi connectivity index (χ4v) is 5.27. The highest BCUT2D eigenvalue weighted by Crippen LogP contribution is 2.38. The molecular formula is C30H36N8O4. The van der Waals surface area contributed by atoms with Gasteiger partial charge in [0, 0.05) is 38.3 Å². The number of carbonyl (C=O) groups is 3. The molecule has 0 fully saturated rings. The second kappa shape index (κ2) is 12.3. The molecule has 0 saturated carbocycles. The number of ether oxygens (including phenoxy) is 1. The van der Waals surface area contributed by atoms with Crippen LogP contribution in [0.25, 0.3) is 11.0 Å². The van der Waals surface area contributed by atoms with Gasteiger partial charge in [-0.25, -0.2) is 4.98 Å². The minimum Gasteiger partial charge on any atom is -0.489 e. The zero-order valence-corrected chi connectivity index (χ0v) is 24.1. The molecule has 0 aliphatic carbocycles. The van der Waals surface area contributed by atoms with Crippen LogP contribution in [0.5, 0.6) is 5.75 Å². The summed E-state index contributed by atoms with van der Waals surface area (Å²) in [7, 11) is 1.99. The number of amides is 3. The van der Waals surface area contributed by atoms with Gasteiger partial charge in [0.15, 0.2) is 0 Å². The molecule has 0 bridgehead atoms. The summed E-state index contributed by atoms with van der Waals surface area (Å²) in [6.45, 7) is 5.95. The number of imidazole rings is 1. The van der Waals surface area contributed by atoms with Crippen molar-refractivity contribution in [3.05, 3.63) is 71.2 Å². The van der Waals surface area contributed by atoms with Crippen LogP contribution in [-0.4, -0.2) is 68.7 Å². The second-order valence-electron chi connectivity index (χ2n) is 10.5. The fourth-order valence-electron chi connectivity index (χ4n) is 5.27. The Hall–Kier alpha value is -4.87. The van der Waals surface area contributed by atoms with Crippen molar-refractivity contribution in [3.8, 4) is 5.75 Å². The van der Waals surface area contributed by atoms with E-state index in [4.69, 9.17) is 10.5 Å². The van der Waals surface area contributed by atoms with E-state index in [1.807, 2.05) is 54.8 Å². The van der Waals surface area contributed by atoms with Crippen LogP contribution in [0.4, 0.5) is 5.95 Å². The van der Waals surface area contributed by atoms with Gasteiger partial charge in [0.25, 0.3) is 5.91 Å². The molecule has 220 valence electrons. The molecule has 3 aromatic rings. The number of carbonyl (C=O) groups excluding carboxylic acids is 3. The van der Waals surface area contributed by atoms with Crippen molar-refractivity contribution < 1.29 is 19.1 Å². The van der Waals surface area contributed by atoms with Gasteiger partial charge >= 0.3 is 0 Å². The van der Waals surface area contributed by atoms with Gasteiger partial charge in [0.1, 0.15) is 23.6 Å². The van der Waals surface area contributed by atoms with E-state index in [1.54, 1.807) is 29.0 Å². The van der Waals surface area contributed by atoms with Crippen molar-refractivity contribution in [2.24, 2.45) is 5.73 Å². The molecule has 12 nitrogen and oxygen atoms in total. The number of allylic oxidation sites excluding steroid dienone is 2. The minimum absolute atomic E-state index is 0.117. The number of aromatic nitrogens is 4. The number of hydrogen-bond donors (Lipinski definition) is 3. The lowest BCUT2D eigenvalue weighted by Crippen LogP contribution is -2.27. The molecule has 2 aromatic heterocycles. The van der Waals surface area contributed by atoms with Crippen molar-refractivity contribution in [1.82, 2.24) is 29.5 Å². The number of nitrogens with zero attached hydrogens (tertiary/aromatic N) is 5. The van der Waals surface area contributed by atoms with Gasteiger partial charge in [-0.1, -0.05) is 12.2 Å². The number of primary amides is 1. The lowest BCUT2D eigenvalue weighted by atomic mass is 10.1. The predicted octanol–water partition coefficient (Wildman–Crippen LogP) is 3.07. The molecule has 0 radical (unpaired) electrons. The lowest BCUT2D eigenvalue weighted by Gasteiger charge is -2.27. The normalized spacial score (nSPS) is 16.0. The van der Waals surface area contributed by atoms with Crippen LogP contribution < -0.4 is 21.1 Å². The first kappa shape index (κ1) is 28.7. The second-order valence-corrected chi connectivity index (χ2v) is 10.5. The average Bonchev–Trinajstić information content (AvgIpc) is 3.53. The summed E-state index contributed by atoms with van der Waals surface area (Å²) in [5.41, 5.74) is 9.28. The topological polar surface area (TPSA) is 149 Å². The summed E-state index contributed by atoms with van der Waals surface area (Å²) >= 11 is 0. The third kappa shape index (κ3) is 6.22. The summed E-state index contributed by atoms with van der Waals surface area (Å²) in [5.74, 6) is -0.181. The number of nitrogens with one attached hydrogen (secondary N) is 2.